The Kier molecular flexibility index (Phi) is 8.88. The molecule has 10 nitrogen and oxygen atoms in total. The van der Waals surface area contributed by atoms with Gasteiger partial charge in [-0.2, -0.15) is 19.6 Å². The van der Waals surface area contributed by atoms with Crippen molar-refractivity contribution in [2.75, 3.05) is 0 Å². The molecule has 1 amide bonds. The van der Waals surface area contributed by atoms with Crippen molar-refractivity contribution in [3.05, 3.63) is 0 Å². The number of hydrogen-bond donors (Lipinski definition) is 1. The van der Waals surface area contributed by atoms with E-state index in [1.54, 1.807) is 0 Å². The smallest absolute Gasteiger partial charge is 0.302 e. The lowest BCUT2D eigenvalue weighted by atomic mass is 9.42. The van der Waals surface area contributed by atoms with E-state index in [1.807, 2.05) is 0 Å². The molecule has 1 heterocycles. The fraction of sp³-hybridized carbons (Fsp3) is 0.914. The quantitative estimate of drug-likeness (QED) is 0.270. The maximum absolute atomic E-state index is 12.6. The average molecular weight is 634 g/mol. The molecule has 2 spiro atoms. The predicted molar refractivity (Wildman–Crippen MR) is 162 cm³/mol. The maximum Gasteiger partial charge on any atom is 0.302 e. The van der Waals surface area contributed by atoms with Gasteiger partial charge < -0.3 is 15.2 Å². The Morgan fingerprint density at radius 3 is 2.24 bits per heavy atom. The van der Waals surface area contributed by atoms with Gasteiger partial charge in [0.1, 0.15) is 12.2 Å². The van der Waals surface area contributed by atoms with Crippen LogP contribution in [-0.2, 0) is 43.4 Å². The summed E-state index contributed by atoms with van der Waals surface area (Å²) in [6.07, 6.45) is 9.81. The van der Waals surface area contributed by atoms with E-state index in [-0.39, 0.29) is 82.3 Å². The third-order valence-electron chi connectivity index (χ3n) is 13.8. The number of ether oxygens (including phenoxy) is 2. The van der Waals surface area contributed by atoms with Crippen molar-refractivity contribution in [2.24, 2.45) is 58.0 Å². The van der Waals surface area contributed by atoms with Gasteiger partial charge in [0.15, 0.2) is 0 Å². The summed E-state index contributed by atoms with van der Waals surface area (Å²) in [5.74, 6) is -1.37. The van der Waals surface area contributed by atoms with Gasteiger partial charge in [-0.1, -0.05) is 34.1 Å². The second-order valence-corrected chi connectivity index (χ2v) is 16.1. The molecule has 45 heavy (non-hydrogen) atoms. The Morgan fingerprint density at radius 1 is 0.889 bits per heavy atom. The molecule has 0 bridgehead atoms. The van der Waals surface area contributed by atoms with E-state index < -0.39 is 11.6 Å². The molecule has 0 radical (unpaired) electrons. The Hall–Kier alpha value is -1.75. The van der Waals surface area contributed by atoms with Crippen molar-refractivity contribution in [2.45, 2.75) is 149 Å². The highest BCUT2D eigenvalue weighted by atomic mass is 17.4. The van der Waals surface area contributed by atoms with Gasteiger partial charge in [0.05, 0.1) is 0 Å². The minimum absolute atomic E-state index is 0.109. The standard InChI is InChI=1S/C35H55NO9/c1-20(10-13-30(36)39)25-11-12-26-31-27(18-29(33(25,26)6)41-23(4)38)32(5)15-16-34(19-24(32)17-28(31)40-22(3)37)42-44-35(45-43-34)14-8-7-9-21(35)2/h20-21,24-29,31H,7-19H2,1-6H3,(H2,36,39)/t20-,21?,24-,25-,26?,27?,28-,29+,31?,32+,33-,34?,35?/m1/s1. The van der Waals surface area contributed by atoms with Gasteiger partial charge in [0.2, 0.25) is 17.5 Å². The molecular weight excluding hydrogens is 578 g/mol. The molecule has 11 atom stereocenters. The first kappa shape index (κ1) is 33.2. The summed E-state index contributed by atoms with van der Waals surface area (Å²) in [4.78, 5) is 61.5. The minimum atomic E-state index is -1.01. The molecule has 0 aromatic rings. The molecular formula is C35H55NO9. The Balaban J connectivity index is 1.29. The maximum atomic E-state index is 12.6. The lowest BCUT2D eigenvalue weighted by Gasteiger charge is -2.65. The van der Waals surface area contributed by atoms with E-state index in [4.69, 9.17) is 34.8 Å². The summed E-state index contributed by atoms with van der Waals surface area (Å²) in [5, 5.41) is 0. The monoisotopic (exact) mass is 633 g/mol. The number of nitrogens with two attached hydrogens (primary N) is 1. The number of hydrogen-bond acceptors (Lipinski definition) is 9. The number of carbonyl (C=O) groups excluding carboxylic acids is 3. The fourth-order valence-electron chi connectivity index (χ4n) is 11.3. The van der Waals surface area contributed by atoms with Crippen LogP contribution in [0.5, 0.6) is 0 Å². The highest BCUT2D eigenvalue weighted by Gasteiger charge is 2.69. The molecule has 5 saturated carbocycles. The van der Waals surface area contributed by atoms with Crippen LogP contribution in [0.3, 0.4) is 0 Å². The zero-order chi connectivity index (χ0) is 32.4. The summed E-state index contributed by atoms with van der Waals surface area (Å²) in [5.41, 5.74) is 5.12. The van der Waals surface area contributed by atoms with Crippen molar-refractivity contribution in [1.82, 2.24) is 0 Å². The topological polar surface area (TPSA) is 133 Å². The highest BCUT2D eigenvalue weighted by Crippen LogP contribution is 2.70. The van der Waals surface area contributed by atoms with Crippen LogP contribution in [0.15, 0.2) is 0 Å². The van der Waals surface area contributed by atoms with Crippen LogP contribution >= 0.6 is 0 Å². The van der Waals surface area contributed by atoms with Crippen LogP contribution in [-0.4, -0.2) is 41.6 Å². The third-order valence-corrected chi connectivity index (χ3v) is 13.8. The molecule has 5 aliphatic carbocycles. The summed E-state index contributed by atoms with van der Waals surface area (Å²) in [6.45, 7) is 12.0. The van der Waals surface area contributed by atoms with E-state index in [9.17, 15) is 14.4 Å². The van der Waals surface area contributed by atoms with Gasteiger partial charge >= 0.3 is 11.9 Å². The van der Waals surface area contributed by atoms with Crippen LogP contribution in [0.2, 0.25) is 0 Å². The highest BCUT2D eigenvalue weighted by molar-refractivity contribution is 5.73. The molecule has 0 aromatic carbocycles. The second kappa shape index (κ2) is 12.0. The average Bonchev–Trinajstić information content (AvgIpc) is 3.34. The molecule has 10 heteroatoms. The fourth-order valence-corrected chi connectivity index (χ4v) is 11.3. The number of esters is 2. The molecule has 6 rings (SSSR count). The Bertz CT molecular complexity index is 1150. The summed E-state index contributed by atoms with van der Waals surface area (Å²) >= 11 is 0. The normalized spacial score (nSPS) is 48.1. The number of rotatable bonds is 6. The number of carbonyl (C=O) groups is 3. The van der Waals surface area contributed by atoms with Crippen LogP contribution in [0, 0.1) is 52.3 Å². The molecule has 1 saturated heterocycles. The zero-order valence-corrected chi connectivity index (χ0v) is 28.1. The molecule has 254 valence electrons. The van der Waals surface area contributed by atoms with Crippen molar-refractivity contribution in [1.29, 1.82) is 0 Å². The van der Waals surface area contributed by atoms with E-state index in [2.05, 4.69) is 27.7 Å². The van der Waals surface area contributed by atoms with Crippen molar-refractivity contribution in [3.63, 3.8) is 0 Å². The number of fused-ring (bicyclic) bond motifs is 5. The largest absolute Gasteiger partial charge is 0.462 e. The first-order valence-electron chi connectivity index (χ1n) is 17.6. The molecule has 0 aromatic heterocycles. The zero-order valence-electron chi connectivity index (χ0n) is 28.1. The predicted octanol–water partition coefficient (Wildman–Crippen LogP) is 6.14. The van der Waals surface area contributed by atoms with Crippen molar-refractivity contribution in [3.8, 4) is 0 Å². The minimum Gasteiger partial charge on any atom is -0.462 e. The first-order chi connectivity index (χ1) is 21.2. The molecule has 1 aliphatic heterocycles. The molecule has 6 fully saturated rings. The van der Waals surface area contributed by atoms with Gasteiger partial charge in [-0.15, -0.1) is 0 Å². The van der Waals surface area contributed by atoms with Gasteiger partial charge in [0.25, 0.3) is 0 Å². The van der Waals surface area contributed by atoms with Crippen LogP contribution in [0.4, 0.5) is 0 Å². The molecule has 2 N–H and O–H groups in total. The number of primary amides is 1. The van der Waals surface area contributed by atoms with Gasteiger partial charge in [-0.3, -0.25) is 14.4 Å². The van der Waals surface area contributed by atoms with E-state index >= 15 is 0 Å². The van der Waals surface area contributed by atoms with Crippen molar-refractivity contribution < 1.29 is 43.4 Å². The SMILES string of the molecule is CC(=O)O[C@H]1CC2C(C3CC[C@H]([C@H](C)CCC(N)=O)[C@]31C)[C@H](OC(C)=O)C[C@@H]1CC3(CC[C@]21C)OOC1(CCCCC1C)OO3. The third kappa shape index (κ3) is 5.63. The molecule has 6 aliphatic rings. The van der Waals surface area contributed by atoms with Crippen LogP contribution in [0.1, 0.15) is 125 Å². The van der Waals surface area contributed by atoms with Crippen LogP contribution in [0.25, 0.3) is 0 Å². The second-order valence-electron chi connectivity index (χ2n) is 16.1. The lowest BCUT2D eigenvalue weighted by molar-refractivity contribution is -0.671. The summed E-state index contributed by atoms with van der Waals surface area (Å²) in [6, 6.07) is 0. The van der Waals surface area contributed by atoms with Gasteiger partial charge in [-0.05, 0) is 86.4 Å². The number of amides is 1. The van der Waals surface area contributed by atoms with E-state index in [1.165, 1.54) is 13.8 Å². The summed E-state index contributed by atoms with van der Waals surface area (Å²) < 4.78 is 12.5. The molecule has 4 unspecified atom stereocenters. The van der Waals surface area contributed by atoms with Gasteiger partial charge in [-0.25, -0.2) is 0 Å². The summed E-state index contributed by atoms with van der Waals surface area (Å²) in [7, 11) is 0. The van der Waals surface area contributed by atoms with Crippen LogP contribution < -0.4 is 5.73 Å². The van der Waals surface area contributed by atoms with Gasteiger partial charge in [0, 0.05) is 56.8 Å². The Labute approximate surface area is 267 Å². The van der Waals surface area contributed by atoms with E-state index in [0.717, 1.165) is 44.9 Å². The first-order valence-corrected chi connectivity index (χ1v) is 17.6. The van der Waals surface area contributed by atoms with Crippen molar-refractivity contribution >= 4 is 17.8 Å². The lowest BCUT2D eigenvalue weighted by Crippen LogP contribution is -2.65. The van der Waals surface area contributed by atoms with E-state index in [0.29, 0.717) is 38.5 Å². The Morgan fingerprint density at radius 2 is 1.60 bits per heavy atom.